The van der Waals surface area contributed by atoms with Gasteiger partial charge in [-0.3, -0.25) is 0 Å². The molecule has 0 fully saturated rings. The van der Waals surface area contributed by atoms with Crippen LogP contribution in [0.15, 0.2) is 12.4 Å². The average molecular weight is 237 g/mol. The SMILES string of the molecule is CCC(CC)(OC)c1ncc(CC(C)N)cn1. The van der Waals surface area contributed by atoms with Crippen molar-refractivity contribution in [1.82, 2.24) is 9.97 Å². The Morgan fingerprint density at radius 1 is 1.29 bits per heavy atom. The molecule has 1 rings (SSSR count). The van der Waals surface area contributed by atoms with Gasteiger partial charge in [0.25, 0.3) is 0 Å². The van der Waals surface area contributed by atoms with E-state index in [0.717, 1.165) is 30.7 Å². The number of hydrogen-bond donors (Lipinski definition) is 1. The topological polar surface area (TPSA) is 61.0 Å². The molecule has 2 N–H and O–H groups in total. The van der Waals surface area contributed by atoms with Gasteiger partial charge in [0.05, 0.1) is 0 Å². The van der Waals surface area contributed by atoms with E-state index in [9.17, 15) is 0 Å². The third-order valence-corrected chi connectivity index (χ3v) is 3.20. The summed E-state index contributed by atoms with van der Waals surface area (Å²) in [5.74, 6) is 0.762. The fourth-order valence-electron chi connectivity index (χ4n) is 2.01. The molecule has 0 amide bonds. The summed E-state index contributed by atoms with van der Waals surface area (Å²) in [4.78, 5) is 8.85. The molecule has 0 aliphatic carbocycles. The Hall–Kier alpha value is -1.00. The minimum absolute atomic E-state index is 0.133. The van der Waals surface area contributed by atoms with E-state index < -0.39 is 0 Å². The van der Waals surface area contributed by atoms with Crippen LogP contribution in [0, 0.1) is 0 Å². The summed E-state index contributed by atoms with van der Waals surface area (Å²) in [6, 6.07) is 0.133. The summed E-state index contributed by atoms with van der Waals surface area (Å²) in [5, 5.41) is 0. The summed E-state index contributed by atoms with van der Waals surface area (Å²) in [5.41, 5.74) is 6.46. The number of aromatic nitrogens is 2. The summed E-state index contributed by atoms with van der Waals surface area (Å²) >= 11 is 0. The molecule has 0 bridgehead atoms. The third kappa shape index (κ3) is 3.23. The molecule has 0 aliphatic rings. The van der Waals surface area contributed by atoms with Crippen molar-refractivity contribution in [2.45, 2.75) is 51.7 Å². The van der Waals surface area contributed by atoms with Gasteiger partial charge >= 0.3 is 0 Å². The highest BCUT2D eigenvalue weighted by molar-refractivity contribution is 5.10. The van der Waals surface area contributed by atoms with Crippen LogP contribution >= 0.6 is 0 Å². The van der Waals surface area contributed by atoms with Gasteiger partial charge in [-0.15, -0.1) is 0 Å². The summed E-state index contributed by atoms with van der Waals surface area (Å²) in [6.45, 7) is 6.16. The van der Waals surface area contributed by atoms with Gasteiger partial charge in [-0.1, -0.05) is 13.8 Å². The number of rotatable bonds is 6. The quantitative estimate of drug-likeness (QED) is 0.822. The zero-order valence-corrected chi connectivity index (χ0v) is 11.2. The third-order valence-electron chi connectivity index (χ3n) is 3.20. The van der Waals surface area contributed by atoms with Crippen molar-refractivity contribution in [3.63, 3.8) is 0 Å². The summed E-state index contributed by atoms with van der Waals surface area (Å²) in [6.07, 6.45) is 6.24. The van der Waals surface area contributed by atoms with E-state index in [1.165, 1.54) is 0 Å². The molecule has 0 radical (unpaired) electrons. The highest BCUT2D eigenvalue weighted by Crippen LogP contribution is 2.29. The van der Waals surface area contributed by atoms with Crippen molar-refractivity contribution in [2.24, 2.45) is 5.73 Å². The van der Waals surface area contributed by atoms with Gasteiger partial charge in [-0.25, -0.2) is 9.97 Å². The first kappa shape index (κ1) is 14.1. The molecule has 1 aromatic rings. The Morgan fingerprint density at radius 3 is 2.18 bits per heavy atom. The molecule has 4 heteroatoms. The number of ether oxygens (including phenoxy) is 1. The van der Waals surface area contributed by atoms with Gasteiger partial charge in [-0.05, 0) is 31.7 Å². The molecular weight excluding hydrogens is 214 g/mol. The lowest BCUT2D eigenvalue weighted by Crippen LogP contribution is -2.29. The van der Waals surface area contributed by atoms with Gasteiger partial charge in [0.1, 0.15) is 5.60 Å². The first-order valence-electron chi connectivity index (χ1n) is 6.20. The Labute approximate surface area is 104 Å². The lowest BCUT2D eigenvalue weighted by Gasteiger charge is -2.28. The fraction of sp³-hybridized carbons (Fsp3) is 0.692. The van der Waals surface area contributed by atoms with E-state index >= 15 is 0 Å². The Kier molecular flexibility index (Phi) is 5.02. The molecule has 1 aromatic heterocycles. The van der Waals surface area contributed by atoms with Gasteiger partial charge in [0, 0.05) is 25.5 Å². The molecule has 0 saturated heterocycles. The lowest BCUT2D eigenvalue weighted by molar-refractivity contribution is -0.0292. The highest BCUT2D eigenvalue weighted by Gasteiger charge is 2.30. The zero-order chi connectivity index (χ0) is 12.9. The van der Waals surface area contributed by atoms with Crippen LogP contribution < -0.4 is 5.73 Å². The molecule has 1 heterocycles. The molecule has 4 nitrogen and oxygen atoms in total. The maximum Gasteiger partial charge on any atom is 0.160 e. The molecule has 1 unspecified atom stereocenters. The van der Waals surface area contributed by atoms with Gasteiger partial charge < -0.3 is 10.5 Å². The minimum atomic E-state index is -0.354. The van der Waals surface area contributed by atoms with Crippen LogP contribution in [0.2, 0.25) is 0 Å². The number of nitrogens with two attached hydrogens (primary N) is 1. The molecule has 0 aromatic carbocycles. The second-order valence-corrected chi connectivity index (χ2v) is 4.50. The Bertz CT molecular complexity index is 323. The molecule has 96 valence electrons. The maximum atomic E-state index is 5.75. The second-order valence-electron chi connectivity index (χ2n) is 4.50. The number of nitrogens with zero attached hydrogens (tertiary/aromatic N) is 2. The van der Waals surface area contributed by atoms with Crippen molar-refractivity contribution in [3.8, 4) is 0 Å². The van der Waals surface area contributed by atoms with Crippen molar-refractivity contribution < 1.29 is 4.74 Å². The van der Waals surface area contributed by atoms with Crippen LogP contribution in [0.25, 0.3) is 0 Å². The predicted octanol–water partition coefficient (Wildman–Crippen LogP) is 2.03. The molecule has 0 saturated carbocycles. The van der Waals surface area contributed by atoms with Crippen molar-refractivity contribution in [3.05, 3.63) is 23.8 Å². The fourth-order valence-corrected chi connectivity index (χ4v) is 2.01. The predicted molar refractivity (Wildman–Crippen MR) is 68.7 cm³/mol. The van der Waals surface area contributed by atoms with Gasteiger partial charge in [0.2, 0.25) is 0 Å². The van der Waals surface area contributed by atoms with E-state index in [0.29, 0.717) is 0 Å². The molecule has 0 spiro atoms. The van der Waals surface area contributed by atoms with Crippen molar-refractivity contribution in [1.29, 1.82) is 0 Å². The Balaban J connectivity index is 2.92. The normalized spacial score (nSPS) is 13.7. The maximum absolute atomic E-state index is 5.75. The monoisotopic (exact) mass is 237 g/mol. The van der Waals surface area contributed by atoms with E-state index in [2.05, 4.69) is 23.8 Å². The highest BCUT2D eigenvalue weighted by atomic mass is 16.5. The summed E-state index contributed by atoms with van der Waals surface area (Å²) < 4.78 is 5.59. The van der Waals surface area contributed by atoms with E-state index in [1.807, 2.05) is 19.3 Å². The largest absolute Gasteiger partial charge is 0.370 e. The molecular formula is C13H23N3O. The smallest absolute Gasteiger partial charge is 0.160 e. The van der Waals surface area contributed by atoms with Crippen molar-refractivity contribution in [2.75, 3.05) is 7.11 Å². The van der Waals surface area contributed by atoms with Crippen LogP contribution in [0.5, 0.6) is 0 Å². The van der Waals surface area contributed by atoms with Crippen molar-refractivity contribution >= 4 is 0 Å². The first-order chi connectivity index (χ1) is 8.07. The summed E-state index contributed by atoms with van der Waals surface area (Å²) in [7, 11) is 1.71. The van der Waals surface area contributed by atoms with Crippen LogP contribution in [-0.4, -0.2) is 23.1 Å². The zero-order valence-electron chi connectivity index (χ0n) is 11.2. The molecule has 17 heavy (non-hydrogen) atoms. The molecule has 1 atom stereocenters. The Morgan fingerprint density at radius 2 is 1.82 bits per heavy atom. The average Bonchev–Trinajstić information content (AvgIpc) is 2.33. The molecule has 0 aliphatic heterocycles. The van der Waals surface area contributed by atoms with Crippen LogP contribution in [-0.2, 0) is 16.8 Å². The minimum Gasteiger partial charge on any atom is -0.370 e. The number of methoxy groups -OCH3 is 1. The van der Waals surface area contributed by atoms with Crippen LogP contribution in [0.1, 0.15) is 45.0 Å². The van der Waals surface area contributed by atoms with E-state index in [-0.39, 0.29) is 11.6 Å². The van der Waals surface area contributed by atoms with E-state index in [1.54, 1.807) is 7.11 Å². The van der Waals surface area contributed by atoms with Crippen LogP contribution in [0.4, 0.5) is 0 Å². The van der Waals surface area contributed by atoms with E-state index in [4.69, 9.17) is 10.5 Å². The van der Waals surface area contributed by atoms with Gasteiger partial charge in [0.15, 0.2) is 5.82 Å². The van der Waals surface area contributed by atoms with Crippen LogP contribution in [0.3, 0.4) is 0 Å². The van der Waals surface area contributed by atoms with Gasteiger partial charge in [-0.2, -0.15) is 0 Å². The number of hydrogen-bond acceptors (Lipinski definition) is 4. The lowest BCUT2D eigenvalue weighted by atomic mass is 9.96. The standard InChI is InChI=1S/C13H23N3O/c1-5-13(6-2,17-4)12-15-8-11(9-16-12)7-10(3)14/h8-10H,5-7,14H2,1-4H3. The second kappa shape index (κ2) is 6.07. The first-order valence-corrected chi connectivity index (χ1v) is 6.20.